The summed E-state index contributed by atoms with van der Waals surface area (Å²) < 4.78 is 15.1. The quantitative estimate of drug-likeness (QED) is 0.770. The van der Waals surface area contributed by atoms with Gasteiger partial charge in [-0.05, 0) is 35.6 Å². The topological polar surface area (TPSA) is 29.9 Å². The Morgan fingerprint density at radius 2 is 2.10 bits per heavy atom. The molecule has 5 heteroatoms. The first-order valence-electron chi connectivity index (χ1n) is 6.94. The summed E-state index contributed by atoms with van der Waals surface area (Å²) in [5, 5.41) is 10.2. The Morgan fingerprint density at radius 1 is 1.24 bits per heavy atom. The van der Waals surface area contributed by atoms with Gasteiger partial charge in [-0.25, -0.2) is 9.07 Å². The van der Waals surface area contributed by atoms with Gasteiger partial charge in [0.05, 0.1) is 10.9 Å². The smallest absolute Gasteiger partial charge is 0.125 e. The van der Waals surface area contributed by atoms with Gasteiger partial charge in [-0.15, -0.1) is 11.3 Å². The highest BCUT2D eigenvalue weighted by Gasteiger charge is 2.23. The van der Waals surface area contributed by atoms with Gasteiger partial charge in [0.2, 0.25) is 0 Å². The molecule has 0 saturated carbocycles. The zero-order valence-electron chi connectivity index (χ0n) is 11.3. The van der Waals surface area contributed by atoms with Crippen LogP contribution >= 0.6 is 11.3 Å². The van der Waals surface area contributed by atoms with E-state index < -0.39 is 0 Å². The van der Waals surface area contributed by atoms with Crippen molar-refractivity contribution in [2.75, 3.05) is 11.9 Å². The Morgan fingerprint density at radius 3 is 2.86 bits per heavy atom. The number of fused-ring (bicyclic) bond motifs is 1. The highest BCUT2D eigenvalue weighted by molar-refractivity contribution is 7.13. The molecule has 1 atom stereocenters. The lowest BCUT2D eigenvalue weighted by Gasteiger charge is -2.25. The molecule has 1 aromatic carbocycles. The lowest BCUT2D eigenvalue weighted by atomic mass is 10.0. The molecule has 0 spiro atoms. The average Bonchev–Trinajstić information content (AvgIpc) is 3.16. The van der Waals surface area contributed by atoms with Crippen LogP contribution in [-0.2, 0) is 0 Å². The SMILES string of the molecule is Fc1ccc(C2CCNc3cc(-c4cccs4)nn32)cc1. The van der Waals surface area contributed by atoms with E-state index in [0.29, 0.717) is 0 Å². The Balaban J connectivity index is 1.75. The highest BCUT2D eigenvalue weighted by atomic mass is 32.1. The second-order valence-corrected chi connectivity index (χ2v) is 6.07. The standard InChI is InChI=1S/C16H14FN3S/c17-12-5-3-11(4-6-12)14-7-8-18-16-10-13(19-20(14)16)15-2-1-9-21-15/h1-6,9-10,14,18H,7-8H2. The molecule has 3 nitrogen and oxygen atoms in total. The van der Waals surface area contributed by atoms with E-state index in [1.807, 2.05) is 22.9 Å². The van der Waals surface area contributed by atoms with Crippen molar-refractivity contribution in [3.05, 3.63) is 59.2 Å². The molecule has 0 amide bonds. The molecule has 3 heterocycles. The van der Waals surface area contributed by atoms with Crippen molar-refractivity contribution in [2.24, 2.45) is 0 Å². The monoisotopic (exact) mass is 299 g/mol. The molecule has 1 aliphatic heterocycles. The van der Waals surface area contributed by atoms with Crippen LogP contribution in [0.25, 0.3) is 10.6 Å². The number of aromatic nitrogens is 2. The molecular weight excluding hydrogens is 285 g/mol. The molecule has 21 heavy (non-hydrogen) atoms. The van der Waals surface area contributed by atoms with Crippen LogP contribution in [0.4, 0.5) is 10.2 Å². The maximum atomic E-state index is 13.1. The van der Waals surface area contributed by atoms with Gasteiger partial charge in [-0.1, -0.05) is 18.2 Å². The van der Waals surface area contributed by atoms with Crippen molar-refractivity contribution in [1.82, 2.24) is 9.78 Å². The number of nitrogens with zero attached hydrogens (tertiary/aromatic N) is 2. The first-order valence-corrected chi connectivity index (χ1v) is 7.82. The van der Waals surface area contributed by atoms with Gasteiger partial charge in [0.25, 0.3) is 0 Å². The predicted octanol–water partition coefficient (Wildman–Crippen LogP) is 4.16. The third kappa shape index (κ3) is 2.23. The van der Waals surface area contributed by atoms with Crippen molar-refractivity contribution in [3.8, 4) is 10.6 Å². The molecule has 0 bridgehead atoms. The van der Waals surface area contributed by atoms with Crippen molar-refractivity contribution in [2.45, 2.75) is 12.5 Å². The van der Waals surface area contributed by atoms with E-state index in [2.05, 4.69) is 22.8 Å². The molecule has 1 unspecified atom stereocenters. The molecular formula is C16H14FN3S. The minimum Gasteiger partial charge on any atom is -0.370 e. The molecule has 2 aromatic heterocycles. The second kappa shape index (κ2) is 5.00. The molecule has 3 aromatic rings. The first-order chi connectivity index (χ1) is 10.3. The van der Waals surface area contributed by atoms with Gasteiger partial charge < -0.3 is 5.32 Å². The first kappa shape index (κ1) is 12.6. The minimum absolute atomic E-state index is 0.163. The van der Waals surface area contributed by atoms with Crippen LogP contribution in [0.3, 0.4) is 0 Å². The highest BCUT2D eigenvalue weighted by Crippen LogP contribution is 2.33. The number of benzene rings is 1. The van der Waals surface area contributed by atoms with Crippen molar-refractivity contribution < 1.29 is 4.39 Å². The molecule has 0 aliphatic carbocycles. The van der Waals surface area contributed by atoms with Crippen LogP contribution in [0.1, 0.15) is 18.0 Å². The van der Waals surface area contributed by atoms with Crippen LogP contribution < -0.4 is 5.32 Å². The number of hydrogen-bond donors (Lipinski definition) is 1. The summed E-state index contributed by atoms with van der Waals surface area (Å²) in [6.07, 6.45) is 0.949. The fraction of sp³-hybridized carbons (Fsp3) is 0.188. The van der Waals surface area contributed by atoms with Crippen molar-refractivity contribution in [3.63, 3.8) is 0 Å². The minimum atomic E-state index is -0.201. The fourth-order valence-corrected chi connectivity index (χ4v) is 3.44. The van der Waals surface area contributed by atoms with E-state index in [1.165, 1.54) is 12.1 Å². The summed E-state index contributed by atoms with van der Waals surface area (Å²) in [5.41, 5.74) is 2.08. The van der Waals surface area contributed by atoms with E-state index in [9.17, 15) is 4.39 Å². The average molecular weight is 299 g/mol. The Kier molecular flexibility index (Phi) is 3.00. The lowest BCUT2D eigenvalue weighted by Crippen LogP contribution is -2.24. The number of rotatable bonds is 2. The lowest BCUT2D eigenvalue weighted by molar-refractivity contribution is 0.482. The summed E-state index contributed by atoms with van der Waals surface area (Å²) in [5.74, 6) is 0.826. The largest absolute Gasteiger partial charge is 0.370 e. The van der Waals surface area contributed by atoms with Crippen LogP contribution in [0, 0.1) is 5.82 Å². The van der Waals surface area contributed by atoms with Crippen LogP contribution in [0.5, 0.6) is 0 Å². The predicted molar refractivity (Wildman–Crippen MR) is 83.2 cm³/mol. The maximum absolute atomic E-state index is 13.1. The van der Waals surface area contributed by atoms with Crippen LogP contribution in [0.2, 0.25) is 0 Å². The van der Waals surface area contributed by atoms with Gasteiger partial charge >= 0.3 is 0 Å². The summed E-state index contributed by atoms with van der Waals surface area (Å²) in [7, 11) is 0. The molecule has 0 fully saturated rings. The summed E-state index contributed by atoms with van der Waals surface area (Å²) in [6.45, 7) is 0.900. The number of hydrogen-bond acceptors (Lipinski definition) is 3. The maximum Gasteiger partial charge on any atom is 0.125 e. The van der Waals surface area contributed by atoms with E-state index in [-0.39, 0.29) is 11.9 Å². The van der Waals surface area contributed by atoms with Gasteiger partial charge in [0, 0.05) is 12.6 Å². The number of halogens is 1. The molecule has 1 aliphatic rings. The van der Waals surface area contributed by atoms with Crippen LogP contribution in [-0.4, -0.2) is 16.3 Å². The summed E-state index contributed by atoms with van der Waals surface area (Å²) >= 11 is 1.69. The molecule has 0 radical (unpaired) electrons. The Labute approximate surface area is 126 Å². The molecule has 1 N–H and O–H groups in total. The van der Waals surface area contributed by atoms with Gasteiger partial charge in [-0.2, -0.15) is 5.10 Å². The third-order valence-electron chi connectivity index (χ3n) is 3.78. The summed E-state index contributed by atoms with van der Waals surface area (Å²) in [4.78, 5) is 1.16. The third-order valence-corrected chi connectivity index (χ3v) is 4.68. The van der Waals surface area contributed by atoms with Crippen LogP contribution in [0.15, 0.2) is 47.8 Å². The molecule has 106 valence electrons. The van der Waals surface area contributed by atoms with E-state index in [4.69, 9.17) is 5.10 Å². The Hall–Kier alpha value is -2.14. The molecule has 4 rings (SSSR count). The fourth-order valence-electron chi connectivity index (χ4n) is 2.76. The Bertz CT molecular complexity index is 746. The van der Waals surface area contributed by atoms with Crippen molar-refractivity contribution in [1.29, 1.82) is 0 Å². The van der Waals surface area contributed by atoms with Gasteiger partial charge in [0.1, 0.15) is 17.3 Å². The summed E-state index contributed by atoms with van der Waals surface area (Å²) in [6, 6.07) is 13.1. The second-order valence-electron chi connectivity index (χ2n) is 5.12. The molecule has 0 saturated heterocycles. The van der Waals surface area contributed by atoms with E-state index in [1.54, 1.807) is 11.3 Å². The van der Waals surface area contributed by atoms with Gasteiger partial charge in [0.15, 0.2) is 0 Å². The normalized spacial score (nSPS) is 17.3. The van der Waals surface area contributed by atoms with Gasteiger partial charge in [-0.3, -0.25) is 0 Å². The van der Waals surface area contributed by atoms with E-state index in [0.717, 1.165) is 34.9 Å². The zero-order chi connectivity index (χ0) is 14.2. The van der Waals surface area contributed by atoms with Crippen molar-refractivity contribution >= 4 is 17.2 Å². The van der Waals surface area contributed by atoms with E-state index >= 15 is 0 Å². The number of thiophene rings is 1. The number of nitrogens with one attached hydrogen (secondary N) is 1. The zero-order valence-corrected chi connectivity index (χ0v) is 12.1. The number of anilines is 1.